The number of unbranched alkanes of at least 4 members (excludes halogenated alkanes) is 3. The zero-order valence-electron chi connectivity index (χ0n) is 80.8. The van der Waals surface area contributed by atoms with E-state index in [1.807, 2.05) is 0 Å². The van der Waals surface area contributed by atoms with Crippen LogP contribution in [0, 0.1) is 0 Å². The highest BCUT2D eigenvalue weighted by atomic mass is 16.7. The maximum atomic E-state index is 15.9. The molecule has 6 rings (SSSR count). The third-order valence-electron chi connectivity index (χ3n) is 21.5. The molecule has 16 unspecified atom stereocenters. The fourth-order valence-electron chi connectivity index (χ4n) is 15.6. The molecule has 3 aliphatic heterocycles. The van der Waals surface area contributed by atoms with E-state index in [0.29, 0.717) is 28.2 Å². The lowest BCUT2D eigenvalue weighted by atomic mass is 9.80. The summed E-state index contributed by atoms with van der Waals surface area (Å²) in [6, 6.07) is 18.9. The minimum Gasteiger partial charge on any atom is -0.497 e. The third-order valence-corrected chi connectivity index (χ3v) is 21.5. The molecular weight excluding hydrogens is 1840 g/mol. The molecule has 7 amide bonds. The van der Waals surface area contributed by atoms with Gasteiger partial charge in [0, 0.05) is 161 Å². The molecule has 0 aromatic heterocycles. The van der Waals surface area contributed by atoms with Crippen LogP contribution in [0.15, 0.2) is 78.9 Å². The van der Waals surface area contributed by atoms with Crippen LogP contribution >= 0.6 is 0 Å². The van der Waals surface area contributed by atoms with Crippen LogP contribution in [0.2, 0.25) is 0 Å². The molecule has 770 valence electrons. The fraction of sp³-hybridized carbons (Fsp3) is 0.617. The smallest absolute Gasteiger partial charge is 0.307 e. The van der Waals surface area contributed by atoms with Gasteiger partial charge in [-0.1, -0.05) is 54.6 Å². The first-order chi connectivity index (χ1) is 66.1. The standard InChI is InChI=1S/C94H131N7O38/c1-55(102)97-81-87(133-64(10)111)84(130-61(7)108)72(51-126-58(4)105)137-91(81)123-48-21-18-29-76(114)95-42-24-44-100(78(116)31-20-23-50-125-93-83(99-57(3)104)89(135-66(12)113)86(132-63(9)110)74(139-93)53-128-60(6)107)46-26-47-101(45-25-43-96-77(115)30-19-22-49-124-92-82(98-56(2)103)88(134-65(11)112)85(131-62(8)109)73(138-92)52-127-59(5)106)90(120)75(136-80(119)41-40-79(117)118)54-129-94(67-27-16-15-17-28-67,68-32-36-70(121-13)37-33-68)69-34-38-71(122-14)39-35-69/h15-17,27-28,32-39,72-75,81-89,91-93H,18-26,29-31,40-54H2,1-14H3,(H,95,114)(H,96,115)(H,97,102)(H,98,103)(H,99,104)(H,117,118). The van der Waals surface area contributed by atoms with E-state index in [2.05, 4.69) is 26.6 Å². The summed E-state index contributed by atoms with van der Waals surface area (Å²) < 4.78 is 110. The normalized spacial score (nSPS) is 21.1. The van der Waals surface area contributed by atoms with E-state index in [-0.39, 0.29) is 136 Å². The molecule has 3 saturated heterocycles. The van der Waals surface area contributed by atoms with Crippen molar-refractivity contribution >= 4 is 107 Å². The molecule has 3 aromatic rings. The van der Waals surface area contributed by atoms with Crippen molar-refractivity contribution in [3.8, 4) is 11.5 Å². The van der Waals surface area contributed by atoms with Crippen molar-refractivity contribution in [1.82, 2.24) is 36.4 Å². The van der Waals surface area contributed by atoms with Gasteiger partial charge in [0.2, 0.25) is 41.5 Å². The van der Waals surface area contributed by atoms with Gasteiger partial charge >= 0.3 is 65.7 Å². The lowest BCUT2D eigenvalue weighted by molar-refractivity contribution is -0.277. The highest BCUT2D eigenvalue weighted by molar-refractivity contribution is 5.85. The van der Waals surface area contributed by atoms with Crippen molar-refractivity contribution in [3.05, 3.63) is 95.6 Å². The number of aliphatic carboxylic acids is 1. The second-order valence-electron chi connectivity index (χ2n) is 32.8. The van der Waals surface area contributed by atoms with Gasteiger partial charge in [0.05, 0.1) is 33.7 Å². The molecule has 3 aliphatic rings. The predicted molar refractivity (Wildman–Crippen MR) is 479 cm³/mol. The Bertz CT molecular complexity index is 4510. The molecule has 3 heterocycles. The number of amides is 7. The van der Waals surface area contributed by atoms with E-state index in [0.717, 1.165) is 62.3 Å². The molecule has 16 atom stereocenters. The number of rotatable bonds is 58. The van der Waals surface area contributed by atoms with E-state index in [1.54, 1.807) is 78.9 Å². The molecule has 6 N–H and O–H groups in total. The van der Waals surface area contributed by atoms with Crippen molar-refractivity contribution in [2.24, 2.45) is 0 Å². The number of carboxylic acid groups (broad SMARTS) is 1. The molecule has 45 nitrogen and oxygen atoms in total. The van der Waals surface area contributed by atoms with Gasteiger partial charge in [-0.3, -0.25) is 86.3 Å². The van der Waals surface area contributed by atoms with Crippen LogP contribution in [-0.2, 0) is 172 Å². The minimum absolute atomic E-state index is 0.00544. The van der Waals surface area contributed by atoms with E-state index in [1.165, 1.54) is 44.8 Å². The summed E-state index contributed by atoms with van der Waals surface area (Å²) in [5.74, 6) is -12.5. The first kappa shape index (κ1) is 115. The van der Waals surface area contributed by atoms with Crippen molar-refractivity contribution in [2.75, 3.05) is 99.7 Å². The van der Waals surface area contributed by atoms with E-state index < -0.39 is 250 Å². The molecule has 139 heavy (non-hydrogen) atoms. The monoisotopic (exact) mass is 1970 g/mol. The number of esters is 10. The van der Waals surface area contributed by atoms with Crippen LogP contribution in [0.3, 0.4) is 0 Å². The Morgan fingerprint density at radius 2 is 0.705 bits per heavy atom. The lowest BCUT2D eigenvalue weighted by Gasteiger charge is -2.44. The van der Waals surface area contributed by atoms with Crippen molar-refractivity contribution in [1.29, 1.82) is 0 Å². The van der Waals surface area contributed by atoms with E-state index in [4.69, 9.17) is 90.0 Å². The number of ether oxygens (including phenoxy) is 19. The van der Waals surface area contributed by atoms with Gasteiger partial charge in [0.15, 0.2) is 55.5 Å². The van der Waals surface area contributed by atoms with Gasteiger partial charge in [-0.05, 0) is 98.7 Å². The van der Waals surface area contributed by atoms with Crippen LogP contribution in [0.25, 0.3) is 0 Å². The Labute approximate surface area is 804 Å². The zero-order valence-corrected chi connectivity index (χ0v) is 80.8. The molecule has 0 bridgehead atoms. The topological polar surface area (TPSA) is 569 Å². The number of hydrogen-bond donors (Lipinski definition) is 6. The summed E-state index contributed by atoms with van der Waals surface area (Å²) in [6.07, 6.45) is -18.6. The Hall–Kier alpha value is -12.6. The van der Waals surface area contributed by atoms with E-state index >= 15 is 4.79 Å². The van der Waals surface area contributed by atoms with Gasteiger partial charge in [0.25, 0.3) is 5.91 Å². The molecule has 45 heteroatoms. The Morgan fingerprint density at radius 1 is 0.374 bits per heavy atom. The predicted octanol–water partition coefficient (Wildman–Crippen LogP) is 3.38. The van der Waals surface area contributed by atoms with Crippen LogP contribution in [0.5, 0.6) is 11.5 Å². The second kappa shape index (κ2) is 59.7. The second-order valence-corrected chi connectivity index (χ2v) is 32.8. The van der Waals surface area contributed by atoms with Gasteiger partial charge in [-0.25, -0.2) is 0 Å². The van der Waals surface area contributed by atoms with Crippen molar-refractivity contribution in [2.45, 2.75) is 277 Å². The number of methoxy groups -OCH3 is 2. The first-order valence-electron chi connectivity index (χ1n) is 45.7. The summed E-state index contributed by atoms with van der Waals surface area (Å²) in [5.41, 5.74) is -0.0593. The number of nitrogens with one attached hydrogen (secondary N) is 5. The van der Waals surface area contributed by atoms with Crippen molar-refractivity contribution < 1.29 is 181 Å². The Balaban J connectivity index is 1.30. The van der Waals surface area contributed by atoms with Crippen LogP contribution in [0.1, 0.15) is 190 Å². The first-order valence-corrected chi connectivity index (χ1v) is 45.7. The Morgan fingerprint density at radius 3 is 1.04 bits per heavy atom. The number of benzene rings is 3. The van der Waals surface area contributed by atoms with Crippen LogP contribution in [0.4, 0.5) is 0 Å². The third kappa shape index (κ3) is 39.7. The highest BCUT2D eigenvalue weighted by Crippen LogP contribution is 2.43. The average molecular weight is 1970 g/mol. The minimum atomic E-state index is -1.84. The molecule has 0 spiro atoms. The quantitative estimate of drug-likeness (QED) is 0.0204. The lowest BCUT2D eigenvalue weighted by Crippen LogP contribution is -2.66. The number of carbonyl (C=O) groups is 18. The summed E-state index contributed by atoms with van der Waals surface area (Å²) in [7, 11) is 2.98. The van der Waals surface area contributed by atoms with Crippen LogP contribution in [-0.4, -0.2) is 320 Å². The number of hydrogen-bond acceptors (Lipinski definition) is 37. The van der Waals surface area contributed by atoms with Gasteiger partial charge in [-0.2, -0.15) is 0 Å². The van der Waals surface area contributed by atoms with E-state index in [9.17, 15) is 86.6 Å². The van der Waals surface area contributed by atoms with Gasteiger partial charge in [0.1, 0.15) is 73.4 Å². The molecule has 3 aromatic carbocycles. The summed E-state index contributed by atoms with van der Waals surface area (Å²) in [5, 5.41) is 23.4. The average Bonchev–Trinajstić information content (AvgIpc) is 0.746. The maximum Gasteiger partial charge on any atom is 0.307 e. The summed E-state index contributed by atoms with van der Waals surface area (Å²) in [6.45, 7) is 10.4. The number of carbonyl (C=O) groups excluding carboxylic acids is 17. The summed E-state index contributed by atoms with van der Waals surface area (Å²) in [4.78, 5) is 236. The SMILES string of the molecule is COc1ccc(C(OCC(OC(=O)CCC(=O)O)C(=O)N(CCCNC(=O)CCCCOC2OC(COC(C)=O)C(OC(C)=O)C(OC(C)=O)C2NC(C)=O)CCCN(CCCNC(=O)CCCCOC2OC(COC(C)=O)C(OC(C)=O)C(OC(C)=O)C2NC(C)=O)C(=O)CCCCOC2OC(COC(C)=O)C(OC(C)=O)C(OC(C)=O)C2NC(C)=O)(c2ccccc2)c2ccc(OC)cc2)cc1. The Kier molecular flexibility index (Phi) is 49.4. The number of carboxylic acids is 1. The molecular formula is C94H131N7O38. The van der Waals surface area contributed by atoms with Crippen LogP contribution < -0.4 is 36.1 Å². The molecule has 0 radical (unpaired) electrons. The highest BCUT2D eigenvalue weighted by Gasteiger charge is 2.55. The number of nitrogens with zero attached hydrogens (tertiary/aromatic N) is 2. The maximum absolute atomic E-state index is 15.9. The van der Waals surface area contributed by atoms with Gasteiger partial charge < -0.3 is 131 Å². The fourth-order valence-corrected chi connectivity index (χ4v) is 15.6. The molecule has 0 saturated carbocycles. The summed E-state index contributed by atoms with van der Waals surface area (Å²) >= 11 is 0. The van der Waals surface area contributed by atoms with Crippen molar-refractivity contribution in [3.63, 3.8) is 0 Å². The largest absolute Gasteiger partial charge is 0.497 e. The molecule has 0 aliphatic carbocycles. The molecule has 3 fully saturated rings. The van der Waals surface area contributed by atoms with Gasteiger partial charge in [-0.15, -0.1) is 0 Å². The zero-order chi connectivity index (χ0) is 102.